The summed E-state index contributed by atoms with van der Waals surface area (Å²) in [6.45, 7) is 3.67. The SMILES string of the molecule is Cc1cccc(C)c1OCC(=O)N/N=C/c1cc(Br)cc(Cl)c1O. The van der Waals surface area contributed by atoms with Gasteiger partial charge in [-0.15, -0.1) is 0 Å². The molecule has 7 heteroatoms. The zero-order chi connectivity index (χ0) is 17.7. The van der Waals surface area contributed by atoms with E-state index in [-0.39, 0.29) is 17.4 Å². The molecular formula is C17H16BrClN2O3. The minimum Gasteiger partial charge on any atom is -0.506 e. The maximum atomic E-state index is 11.8. The summed E-state index contributed by atoms with van der Waals surface area (Å²) in [7, 11) is 0. The van der Waals surface area contributed by atoms with Crippen molar-refractivity contribution in [2.45, 2.75) is 13.8 Å². The number of carbonyl (C=O) groups is 1. The van der Waals surface area contributed by atoms with Gasteiger partial charge in [0.2, 0.25) is 0 Å². The predicted octanol–water partition coefficient (Wildman–Crippen LogP) is 3.95. The molecule has 2 N–H and O–H groups in total. The molecule has 0 spiro atoms. The van der Waals surface area contributed by atoms with Crippen LogP contribution >= 0.6 is 27.5 Å². The van der Waals surface area contributed by atoms with E-state index in [2.05, 4.69) is 26.5 Å². The Morgan fingerprint density at radius 2 is 2.04 bits per heavy atom. The van der Waals surface area contributed by atoms with Gasteiger partial charge in [-0.2, -0.15) is 5.10 Å². The van der Waals surface area contributed by atoms with Crippen LogP contribution in [-0.2, 0) is 4.79 Å². The van der Waals surface area contributed by atoms with Crippen LogP contribution in [0.25, 0.3) is 0 Å². The van der Waals surface area contributed by atoms with Gasteiger partial charge in [-0.05, 0) is 37.1 Å². The smallest absolute Gasteiger partial charge is 0.277 e. The Kier molecular flexibility index (Phi) is 6.23. The zero-order valence-electron chi connectivity index (χ0n) is 13.1. The van der Waals surface area contributed by atoms with Gasteiger partial charge in [0.15, 0.2) is 6.61 Å². The van der Waals surface area contributed by atoms with Gasteiger partial charge < -0.3 is 9.84 Å². The second kappa shape index (κ2) is 8.17. The lowest BCUT2D eigenvalue weighted by atomic mass is 10.1. The number of benzene rings is 2. The van der Waals surface area contributed by atoms with E-state index in [0.717, 1.165) is 11.1 Å². The first kappa shape index (κ1) is 18.3. The number of phenolic OH excluding ortho intramolecular Hbond substituents is 1. The largest absolute Gasteiger partial charge is 0.506 e. The van der Waals surface area contributed by atoms with Crippen LogP contribution in [0.2, 0.25) is 5.02 Å². The summed E-state index contributed by atoms with van der Waals surface area (Å²) in [5.41, 5.74) is 4.64. The van der Waals surface area contributed by atoms with E-state index in [0.29, 0.717) is 15.8 Å². The normalized spacial score (nSPS) is 10.8. The molecule has 24 heavy (non-hydrogen) atoms. The fraction of sp³-hybridized carbons (Fsp3) is 0.176. The molecule has 2 aromatic rings. The fourth-order valence-corrected chi connectivity index (χ4v) is 2.89. The number of para-hydroxylation sites is 1. The lowest BCUT2D eigenvalue weighted by Gasteiger charge is -2.10. The number of aryl methyl sites for hydroxylation is 2. The van der Waals surface area contributed by atoms with Crippen LogP contribution in [0.3, 0.4) is 0 Å². The van der Waals surface area contributed by atoms with E-state index in [1.54, 1.807) is 12.1 Å². The lowest BCUT2D eigenvalue weighted by molar-refractivity contribution is -0.123. The number of hydrogen-bond donors (Lipinski definition) is 2. The molecule has 0 saturated carbocycles. The van der Waals surface area contributed by atoms with Crippen molar-refractivity contribution in [2.24, 2.45) is 5.10 Å². The van der Waals surface area contributed by atoms with Crippen molar-refractivity contribution < 1.29 is 14.6 Å². The van der Waals surface area contributed by atoms with Gasteiger partial charge >= 0.3 is 0 Å². The quantitative estimate of drug-likeness (QED) is 0.578. The van der Waals surface area contributed by atoms with Crippen LogP contribution in [0.15, 0.2) is 39.9 Å². The topological polar surface area (TPSA) is 70.9 Å². The average Bonchev–Trinajstić information content (AvgIpc) is 2.51. The van der Waals surface area contributed by atoms with Gasteiger partial charge in [0.1, 0.15) is 11.5 Å². The van der Waals surface area contributed by atoms with Crippen LogP contribution in [0, 0.1) is 13.8 Å². The number of halogens is 2. The van der Waals surface area contributed by atoms with E-state index in [1.807, 2.05) is 32.0 Å². The minimum atomic E-state index is -0.408. The molecule has 0 aliphatic heterocycles. The summed E-state index contributed by atoms with van der Waals surface area (Å²) < 4.78 is 6.22. The first-order valence-corrected chi connectivity index (χ1v) is 8.24. The third-order valence-electron chi connectivity index (χ3n) is 3.21. The summed E-state index contributed by atoms with van der Waals surface area (Å²) in [4.78, 5) is 11.8. The molecule has 1 amide bonds. The van der Waals surface area contributed by atoms with E-state index in [4.69, 9.17) is 16.3 Å². The molecule has 0 atom stereocenters. The van der Waals surface area contributed by atoms with Gasteiger partial charge in [-0.3, -0.25) is 4.79 Å². The van der Waals surface area contributed by atoms with E-state index in [9.17, 15) is 9.90 Å². The van der Waals surface area contributed by atoms with Crippen molar-refractivity contribution in [3.8, 4) is 11.5 Å². The Morgan fingerprint density at radius 1 is 1.38 bits per heavy atom. The van der Waals surface area contributed by atoms with Gasteiger partial charge in [-0.25, -0.2) is 5.43 Å². The number of phenols is 1. The zero-order valence-corrected chi connectivity index (χ0v) is 15.5. The summed E-state index contributed by atoms with van der Waals surface area (Å²) >= 11 is 9.13. The van der Waals surface area contributed by atoms with Crippen molar-refractivity contribution in [1.82, 2.24) is 5.43 Å². The van der Waals surface area contributed by atoms with Gasteiger partial charge in [-0.1, -0.05) is 45.7 Å². The third-order valence-corrected chi connectivity index (χ3v) is 3.95. The van der Waals surface area contributed by atoms with Crippen LogP contribution in [0.4, 0.5) is 0 Å². The number of hydrogen-bond acceptors (Lipinski definition) is 4. The Morgan fingerprint density at radius 3 is 2.71 bits per heavy atom. The maximum Gasteiger partial charge on any atom is 0.277 e. The van der Waals surface area contributed by atoms with Gasteiger partial charge in [0, 0.05) is 10.0 Å². The molecule has 2 rings (SSSR count). The summed E-state index contributed by atoms with van der Waals surface area (Å²) in [6.07, 6.45) is 1.31. The van der Waals surface area contributed by atoms with Gasteiger partial charge in [0.25, 0.3) is 5.91 Å². The Bertz CT molecular complexity index is 773. The van der Waals surface area contributed by atoms with Crippen molar-refractivity contribution in [2.75, 3.05) is 6.61 Å². The highest BCUT2D eigenvalue weighted by Crippen LogP contribution is 2.30. The number of carbonyl (C=O) groups excluding carboxylic acids is 1. The molecule has 0 fully saturated rings. The maximum absolute atomic E-state index is 11.8. The molecule has 5 nitrogen and oxygen atoms in total. The molecule has 0 saturated heterocycles. The number of hydrazone groups is 1. The molecule has 0 radical (unpaired) electrons. The highest BCUT2D eigenvalue weighted by molar-refractivity contribution is 9.10. The number of amides is 1. The van der Waals surface area contributed by atoms with E-state index in [1.165, 1.54) is 6.21 Å². The number of aromatic hydroxyl groups is 1. The van der Waals surface area contributed by atoms with Crippen LogP contribution in [0.1, 0.15) is 16.7 Å². The number of ether oxygens (including phenoxy) is 1. The average molecular weight is 412 g/mol. The van der Waals surface area contributed by atoms with Crippen molar-refractivity contribution in [3.63, 3.8) is 0 Å². The number of rotatable bonds is 5. The summed E-state index contributed by atoms with van der Waals surface area (Å²) in [6, 6.07) is 8.95. The van der Waals surface area contributed by atoms with Crippen molar-refractivity contribution >= 4 is 39.7 Å². The molecular weight excluding hydrogens is 396 g/mol. The molecule has 2 aromatic carbocycles. The van der Waals surface area contributed by atoms with Crippen LogP contribution < -0.4 is 10.2 Å². The van der Waals surface area contributed by atoms with E-state index < -0.39 is 5.91 Å². The molecule has 0 aliphatic carbocycles. The molecule has 126 valence electrons. The second-order valence-electron chi connectivity index (χ2n) is 5.13. The van der Waals surface area contributed by atoms with Crippen LogP contribution in [0.5, 0.6) is 11.5 Å². The van der Waals surface area contributed by atoms with Crippen molar-refractivity contribution in [1.29, 1.82) is 0 Å². The number of nitrogens with one attached hydrogen (secondary N) is 1. The summed E-state index contributed by atoms with van der Waals surface area (Å²) in [5, 5.41) is 13.8. The first-order chi connectivity index (χ1) is 11.4. The first-order valence-electron chi connectivity index (χ1n) is 7.07. The van der Waals surface area contributed by atoms with Gasteiger partial charge in [0.05, 0.1) is 11.2 Å². The molecule has 0 heterocycles. The molecule has 0 unspecified atom stereocenters. The highest BCUT2D eigenvalue weighted by atomic mass is 79.9. The molecule has 0 aliphatic rings. The predicted molar refractivity (Wildman–Crippen MR) is 98.0 cm³/mol. The monoisotopic (exact) mass is 410 g/mol. The van der Waals surface area contributed by atoms with Crippen molar-refractivity contribution in [3.05, 3.63) is 56.5 Å². The Labute approximate surface area is 153 Å². The second-order valence-corrected chi connectivity index (χ2v) is 6.45. The third kappa shape index (κ3) is 4.72. The Hall–Kier alpha value is -2.05. The molecule has 0 bridgehead atoms. The highest BCUT2D eigenvalue weighted by Gasteiger charge is 2.08. The van der Waals surface area contributed by atoms with Crippen LogP contribution in [-0.4, -0.2) is 23.8 Å². The Balaban J connectivity index is 1.94. The minimum absolute atomic E-state index is 0.107. The summed E-state index contributed by atoms with van der Waals surface area (Å²) in [5.74, 6) is 0.173. The fourth-order valence-electron chi connectivity index (χ4n) is 2.05. The standard InChI is InChI=1S/C17H16BrClN2O3/c1-10-4-3-5-11(2)17(10)24-9-15(22)21-20-8-12-6-13(18)7-14(19)16(12)23/h3-8,23H,9H2,1-2H3,(H,21,22)/b20-8+. The lowest BCUT2D eigenvalue weighted by Crippen LogP contribution is -2.25. The van der Waals surface area contributed by atoms with E-state index >= 15 is 0 Å². The number of nitrogens with zero attached hydrogens (tertiary/aromatic N) is 1. The molecule has 0 aromatic heterocycles.